The maximum Gasteiger partial charge on any atom is 0.396 e. The summed E-state index contributed by atoms with van der Waals surface area (Å²) >= 11 is 0. The maximum absolute atomic E-state index is 6.08. The van der Waals surface area contributed by atoms with E-state index in [1.807, 2.05) is 62.4 Å². The molecule has 0 unspecified atom stereocenters. The highest BCUT2D eigenvalue weighted by atomic mass is 35.5. The van der Waals surface area contributed by atoms with E-state index in [0.717, 1.165) is 29.3 Å². The van der Waals surface area contributed by atoms with Crippen molar-refractivity contribution in [2.75, 3.05) is 7.11 Å². The zero-order chi connectivity index (χ0) is 18.8. The summed E-state index contributed by atoms with van der Waals surface area (Å²) in [6.07, 6.45) is 0.764. The number of rotatable bonds is 5. The second-order valence-corrected chi connectivity index (χ2v) is 6.54. The summed E-state index contributed by atoms with van der Waals surface area (Å²) in [6, 6.07) is 19.8. The third kappa shape index (κ3) is 4.29. The van der Waals surface area contributed by atoms with Crippen LogP contribution >= 0.6 is 0 Å². The lowest BCUT2D eigenvalue weighted by Gasteiger charge is -2.03. The van der Waals surface area contributed by atoms with E-state index in [9.17, 15) is 0 Å². The summed E-state index contributed by atoms with van der Waals surface area (Å²) < 4.78 is 22.8. The Bertz CT molecular complexity index is 1000. The molecule has 0 spiro atoms. The second-order valence-electron chi connectivity index (χ2n) is 6.54. The Morgan fingerprint density at radius 2 is 1.29 bits per heavy atom. The van der Waals surface area contributed by atoms with Crippen LogP contribution in [0.1, 0.15) is 22.6 Å². The van der Waals surface area contributed by atoms with Gasteiger partial charge in [-0.05, 0) is 67.8 Å². The summed E-state index contributed by atoms with van der Waals surface area (Å²) in [7, 11) is 1.67. The number of benzene rings is 1. The Balaban J connectivity index is 0.00000225. The van der Waals surface area contributed by atoms with Crippen molar-refractivity contribution in [3.63, 3.8) is 0 Å². The molecule has 0 aliphatic heterocycles. The molecule has 144 valence electrons. The molecule has 0 radical (unpaired) electrons. The largest absolute Gasteiger partial charge is 1.00 e. The summed E-state index contributed by atoms with van der Waals surface area (Å²) in [5.41, 5.74) is 2.30. The molecule has 0 aliphatic rings. The molecule has 0 bridgehead atoms. The minimum Gasteiger partial charge on any atom is -1.00 e. The number of methoxy groups -OCH3 is 1. The predicted molar refractivity (Wildman–Crippen MR) is 104 cm³/mol. The van der Waals surface area contributed by atoms with Crippen molar-refractivity contribution in [3.8, 4) is 28.8 Å². The third-order valence-electron chi connectivity index (χ3n) is 4.39. The van der Waals surface area contributed by atoms with Gasteiger partial charge in [0, 0.05) is 0 Å². The van der Waals surface area contributed by atoms with E-state index < -0.39 is 0 Å². The first kappa shape index (κ1) is 19.8. The minimum absolute atomic E-state index is 0. The topological polar surface area (TPSA) is 46.8 Å². The molecule has 0 amide bonds. The quantitative estimate of drug-likeness (QED) is 0.486. The average molecular weight is 397 g/mol. The van der Waals surface area contributed by atoms with Crippen molar-refractivity contribution in [1.82, 2.24) is 0 Å². The van der Waals surface area contributed by atoms with Gasteiger partial charge in [0.1, 0.15) is 17.3 Å². The second kappa shape index (κ2) is 8.36. The molecule has 0 atom stereocenters. The van der Waals surface area contributed by atoms with Crippen LogP contribution in [0.25, 0.3) is 23.0 Å². The van der Waals surface area contributed by atoms with Crippen LogP contribution in [-0.2, 0) is 6.42 Å². The molecule has 0 fully saturated rings. The molecule has 28 heavy (non-hydrogen) atoms. The first-order valence-corrected chi connectivity index (χ1v) is 8.84. The van der Waals surface area contributed by atoms with Gasteiger partial charge in [0.25, 0.3) is 0 Å². The highest BCUT2D eigenvalue weighted by Gasteiger charge is 2.24. The highest BCUT2D eigenvalue weighted by molar-refractivity contribution is 5.58. The molecule has 4 nitrogen and oxygen atoms in total. The van der Waals surface area contributed by atoms with Gasteiger partial charge in [0.05, 0.1) is 19.2 Å². The molecule has 5 heteroatoms. The number of aryl methyl sites for hydroxylation is 2. The van der Waals surface area contributed by atoms with E-state index >= 15 is 0 Å². The Labute approximate surface area is 170 Å². The van der Waals surface area contributed by atoms with E-state index in [0.29, 0.717) is 23.0 Å². The van der Waals surface area contributed by atoms with Gasteiger partial charge in [0.2, 0.25) is 11.5 Å². The SMILES string of the molecule is COc1ccc(Cc2cc(-c3ccc(C)o3)[o+]c(-c3ccc(C)o3)c2)cc1.[Cl-]. The van der Waals surface area contributed by atoms with Gasteiger partial charge >= 0.3 is 11.5 Å². The molecule has 0 aliphatic carbocycles. The molecule has 0 saturated heterocycles. The first-order chi connectivity index (χ1) is 13.1. The van der Waals surface area contributed by atoms with Gasteiger partial charge < -0.3 is 26.0 Å². The number of hydrogen-bond donors (Lipinski definition) is 0. The molecular formula is C23H21ClO4. The standard InChI is InChI=1S/C23H21O4.ClH/c1-15-4-10-20(25-15)22-13-18(12-17-6-8-19(24-3)9-7-17)14-23(27-22)21-11-5-16(2)26-21;/h4-11,13-14H,12H2,1-3H3;1H/q+1;/p-1. The van der Waals surface area contributed by atoms with Gasteiger partial charge in [-0.1, -0.05) is 12.1 Å². The normalized spacial score (nSPS) is 10.5. The Hall–Kier alpha value is -2.98. The van der Waals surface area contributed by atoms with Gasteiger partial charge in [-0.3, -0.25) is 0 Å². The fraction of sp³-hybridized carbons (Fsp3) is 0.174. The third-order valence-corrected chi connectivity index (χ3v) is 4.39. The van der Waals surface area contributed by atoms with Crippen LogP contribution in [-0.4, -0.2) is 7.11 Å². The van der Waals surface area contributed by atoms with Crippen molar-refractivity contribution in [3.05, 3.63) is 83.3 Å². The van der Waals surface area contributed by atoms with Crippen molar-refractivity contribution < 1.29 is 30.4 Å². The van der Waals surface area contributed by atoms with E-state index in [1.54, 1.807) is 7.11 Å². The number of furan rings is 2. The Morgan fingerprint density at radius 3 is 1.71 bits per heavy atom. The van der Waals surface area contributed by atoms with Crippen molar-refractivity contribution >= 4 is 0 Å². The zero-order valence-corrected chi connectivity index (χ0v) is 16.7. The van der Waals surface area contributed by atoms with Crippen LogP contribution in [0.5, 0.6) is 5.75 Å². The van der Waals surface area contributed by atoms with Crippen molar-refractivity contribution in [2.45, 2.75) is 20.3 Å². The molecule has 4 aromatic rings. The molecule has 1 aromatic carbocycles. The zero-order valence-electron chi connectivity index (χ0n) is 16.0. The van der Waals surface area contributed by atoms with Gasteiger partial charge in [-0.15, -0.1) is 0 Å². The summed E-state index contributed by atoms with van der Waals surface area (Å²) in [4.78, 5) is 0. The fourth-order valence-electron chi connectivity index (χ4n) is 3.01. The van der Waals surface area contributed by atoms with E-state index in [2.05, 4.69) is 12.1 Å². The summed E-state index contributed by atoms with van der Waals surface area (Å²) in [5.74, 6) is 5.30. The van der Waals surface area contributed by atoms with E-state index in [-0.39, 0.29) is 12.4 Å². The summed E-state index contributed by atoms with van der Waals surface area (Å²) in [5, 5.41) is 0. The fourth-order valence-corrected chi connectivity index (χ4v) is 3.01. The van der Waals surface area contributed by atoms with Crippen molar-refractivity contribution in [1.29, 1.82) is 0 Å². The Kier molecular flexibility index (Phi) is 5.90. The van der Waals surface area contributed by atoms with Crippen molar-refractivity contribution in [2.24, 2.45) is 0 Å². The monoisotopic (exact) mass is 396 g/mol. The van der Waals surface area contributed by atoms with Crippen LogP contribution in [0.3, 0.4) is 0 Å². The van der Waals surface area contributed by atoms with Crippen LogP contribution in [0.2, 0.25) is 0 Å². The molecule has 0 N–H and O–H groups in total. The first-order valence-electron chi connectivity index (χ1n) is 8.84. The number of ether oxygens (including phenoxy) is 1. The molecule has 3 heterocycles. The molecule has 4 rings (SSSR count). The number of halogens is 1. The lowest BCUT2D eigenvalue weighted by Crippen LogP contribution is -3.00. The lowest BCUT2D eigenvalue weighted by atomic mass is 10.0. The highest BCUT2D eigenvalue weighted by Crippen LogP contribution is 2.31. The molecular weight excluding hydrogens is 376 g/mol. The summed E-state index contributed by atoms with van der Waals surface area (Å²) in [6.45, 7) is 3.84. The van der Waals surface area contributed by atoms with Crippen LogP contribution in [0, 0.1) is 13.8 Å². The number of hydrogen-bond acceptors (Lipinski definition) is 3. The predicted octanol–water partition coefficient (Wildman–Crippen LogP) is 3.30. The smallest absolute Gasteiger partial charge is 0.396 e. The van der Waals surface area contributed by atoms with Gasteiger partial charge in [-0.25, -0.2) is 0 Å². The van der Waals surface area contributed by atoms with Gasteiger partial charge in [0.15, 0.2) is 0 Å². The molecule has 0 saturated carbocycles. The molecule has 3 aromatic heterocycles. The lowest BCUT2D eigenvalue weighted by molar-refractivity contribution is -0.00000747. The van der Waals surface area contributed by atoms with Crippen LogP contribution < -0.4 is 17.1 Å². The minimum atomic E-state index is 0. The van der Waals surface area contributed by atoms with Crippen LogP contribution in [0.15, 0.2) is 73.9 Å². The Morgan fingerprint density at radius 1 is 0.750 bits per heavy atom. The van der Waals surface area contributed by atoms with E-state index in [1.165, 1.54) is 5.56 Å². The maximum atomic E-state index is 6.08. The van der Waals surface area contributed by atoms with E-state index in [4.69, 9.17) is 18.0 Å². The average Bonchev–Trinajstić information content (AvgIpc) is 3.31. The van der Waals surface area contributed by atoms with Crippen LogP contribution in [0.4, 0.5) is 0 Å². The van der Waals surface area contributed by atoms with Gasteiger partial charge in [-0.2, -0.15) is 4.42 Å².